The van der Waals surface area contributed by atoms with E-state index in [-0.39, 0.29) is 23.7 Å². The second-order valence-corrected chi connectivity index (χ2v) is 7.96. The van der Waals surface area contributed by atoms with Crippen molar-refractivity contribution < 1.29 is 38.8 Å². The molecule has 2 fully saturated rings. The zero-order valence-corrected chi connectivity index (χ0v) is 15.6. The number of hydrogen-bond acceptors (Lipinski definition) is 8. The molecule has 3 rings (SSSR count). The minimum Gasteiger partial charge on any atom is -0.483 e. The third-order valence-corrected chi connectivity index (χ3v) is 5.53. The zero-order chi connectivity index (χ0) is 20.1. The van der Waals surface area contributed by atoms with Crippen LogP contribution >= 0.6 is 0 Å². The fraction of sp³-hybridized carbons (Fsp3) is 0.632. The molecule has 3 aliphatic heterocycles. The maximum Gasteiger partial charge on any atom is 0.340 e. The zero-order valence-electron chi connectivity index (χ0n) is 15.6. The molecule has 2 bridgehead atoms. The fourth-order valence-electron chi connectivity index (χ4n) is 3.73. The first-order valence-electron chi connectivity index (χ1n) is 8.87. The summed E-state index contributed by atoms with van der Waals surface area (Å²) >= 11 is 0. The van der Waals surface area contributed by atoms with Gasteiger partial charge in [-0.05, 0) is 20.3 Å². The van der Waals surface area contributed by atoms with Crippen molar-refractivity contribution in [1.82, 2.24) is 0 Å². The van der Waals surface area contributed by atoms with Crippen LogP contribution in [0.1, 0.15) is 33.6 Å². The van der Waals surface area contributed by atoms with Gasteiger partial charge in [-0.3, -0.25) is 4.79 Å². The average Bonchev–Trinajstić information content (AvgIpc) is 3.04. The molecule has 0 aromatic rings. The molecular formula is C19H24O8. The molecule has 2 N–H and O–H groups in total. The molecule has 0 aromatic carbocycles. The molecule has 3 aliphatic rings. The second kappa shape index (κ2) is 6.45. The van der Waals surface area contributed by atoms with Crippen LogP contribution in [0.2, 0.25) is 0 Å². The summed E-state index contributed by atoms with van der Waals surface area (Å²) in [5, 5.41) is 19.2. The highest BCUT2D eigenvalue weighted by Crippen LogP contribution is 2.44. The van der Waals surface area contributed by atoms with Crippen molar-refractivity contribution >= 4 is 17.7 Å². The SMILES string of the molecule is C=C1C(=O)O[C@H]2C[C@H](C)C3=CC(=O)[C@](C)(C[C@H](OC(=O)[C@@](C)(O)CO)[C@@H]12)O3. The van der Waals surface area contributed by atoms with E-state index in [1.54, 1.807) is 6.92 Å². The maximum absolute atomic E-state index is 12.5. The lowest BCUT2D eigenvalue weighted by Crippen LogP contribution is -2.47. The lowest BCUT2D eigenvalue weighted by Gasteiger charge is -2.33. The monoisotopic (exact) mass is 380 g/mol. The summed E-state index contributed by atoms with van der Waals surface area (Å²) in [6.45, 7) is 7.51. The van der Waals surface area contributed by atoms with Crippen LogP contribution in [0, 0.1) is 11.8 Å². The van der Waals surface area contributed by atoms with E-state index in [9.17, 15) is 24.6 Å². The van der Waals surface area contributed by atoms with Gasteiger partial charge in [0.2, 0.25) is 5.78 Å². The summed E-state index contributed by atoms with van der Waals surface area (Å²) < 4.78 is 16.8. The van der Waals surface area contributed by atoms with Gasteiger partial charge in [-0.25, -0.2) is 9.59 Å². The van der Waals surface area contributed by atoms with E-state index in [4.69, 9.17) is 14.2 Å². The van der Waals surface area contributed by atoms with Gasteiger partial charge in [-0.2, -0.15) is 0 Å². The standard InChI is InChI=1S/C19H24O8/c1-9-5-12-15(10(2)16(22)25-12)13(26-17(23)18(3,24)8-20)7-19(4)14(21)6-11(9)27-19/h6,9,12-13,15,20,24H,2,5,7-8H2,1,3-4H3/t9-,12-,13-,15-,18-,19-/m0/s1. The number of fused-ring (bicyclic) bond motifs is 3. The van der Waals surface area contributed by atoms with Gasteiger partial charge < -0.3 is 24.4 Å². The van der Waals surface area contributed by atoms with Crippen molar-refractivity contribution in [2.24, 2.45) is 11.8 Å². The molecule has 0 amide bonds. The molecular weight excluding hydrogens is 356 g/mol. The maximum atomic E-state index is 12.5. The minimum absolute atomic E-state index is 0.0391. The highest BCUT2D eigenvalue weighted by atomic mass is 16.6. The summed E-state index contributed by atoms with van der Waals surface area (Å²) in [5.41, 5.74) is -3.23. The number of ketones is 1. The average molecular weight is 380 g/mol. The Morgan fingerprint density at radius 3 is 2.78 bits per heavy atom. The van der Waals surface area contributed by atoms with Crippen LogP contribution in [0.3, 0.4) is 0 Å². The van der Waals surface area contributed by atoms with E-state index in [1.807, 2.05) is 6.92 Å². The highest BCUT2D eigenvalue weighted by Gasteiger charge is 2.54. The Morgan fingerprint density at radius 2 is 2.15 bits per heavy atom. The molecule has 0 spiro atoms. The Balaban J connectivity index is 1.99. The summed E-state index contributed by atoms with van der Waals surface area (Å²) in [6, 6.07) is 0. The number of carbonyl (C=O) groups excluding carboxylic acids is 3. The Labute approximate surface area is 156 Å². The third kappa shape index (κ3) is 3.27. The smallest absolute Gasteiger partial charge is 0.340 e. The molecule has 8 nitrogen and oxygen atoms in total. The van der Waals surface area contributed by atoms with Crippen molar-refractivity contribution in [1.29, 1.82) is 0 Å². The first kappa shape index (κ1) is 19.6. The van der Waals surface area contributed by atoms with Gasteiger partial charge in [0.05, 0.1) is 12.5 Å². The highest BCUT2D eigenvalue weighted by molar-refractivity contribution is 5.99. The van der Waals surface area contributed by atoms with E-state index >= 15 is 0 Å². The molecule has 0 aliphatic carbocycles. The summed E-state index contributed by atoms with van der Waals surface area (Å²) in [7, 11) is 0. The molecule has 0 radical (unpaired) electrons. The summed E-state index contributed by atoms with van der Waals surface area (Å²) in [6.07, 6.45) is 0.169. The first-order valence-corrected chi connectivity index (χ1v) is 8.87. The number of allylic oxidation sites excluding steroid dienone is 1. The predicted molar refractivity (Wildman–Crippen MR) is 91.1 cm³/mol. The van der Waals surface area contributed by atoms with E-state index in [2.05, 4.69) is 6.58 Å². The normalized spacial score (nSPS) is 37.8. The molecule has 8 heteroatoms. The Kier molecular flexibility index (Phi) is 4.68. The predicted octanol–water partition coefficient (Wildman–Crippen LogP) is 0.411. The Hall–Kier alpha value is -2.19. The second-order valence-electron chi connectivity index (χ2n) is 7.96. The number of rotatable bonds is 3. The number of hydrogen-bond donors (Lipinski definition) is 2. The Morgan fingerprint density at radius 1 is 1.48 bits per heavy atom. The van der Waals surface area contributed by atoms with Gasteiger partial charge in [0.1, 0.15) is 18.0 Å². The number of ether oxygens (including phenoxy) is 3. The van der Waals surface area contributed by atoms with Gasteiger partial charge >= 0.3 is 11.9 Å². The van der Waals surface area contributed by atoms with Crippen molar-refractivity contribution in [3.8, 4) is 0 Å². The molecule has 27 heavy (non-hydrogen) atoms. The van der Waals surface area contributed by atoms with Crippen molar-refractivity contribution in [3.05, 3.63) is 24.0 Å². The van der Waals surface area contributed by atoms with Gasteiger partial charge in [-0.1, -0.05) is 13.5 Å². The van der Waals surface area contributed by atoms with Crippen LogP contribution in [0.4, 0.5) is 0 Å². The summed E-state index contributed by atoms with van der Waals surface area (Å²) in [4.78, 5) is 37.0. The first-order chi connectivity index (χ1) is 12.5. The van der Waals surface area contributed by atoms with E-state index in [1.165, 1.54) is 6.08 Å². The van der Waals surface area contributed by atoms with Crippen molar-refractivity contribution in [2.75, 3.05) is 6.61 Å². The van der Waals surface area contributed by atoms with Gasteiger partial charge in [0, 0.05) is 24.0 Å². The quantitative estimate of drug-likeness (QED) is 0.534. The molecule has 0 aromatic heterocycles. The molecule has 2 saturated heterocycles. The number of aliphatic hydroxyl groups excluding tert-OH is 1. The summed E-state index contributed by atoms with van der Waals surface area (Å²) in [5.74, 6) is -2.25. The lowest BCUT2D eigenvalue weighted by molar-refractivity contribution is -0.179. The van der Waals surface area contributed by atoms with Crippen LogP contribution in [-0.2, 0) is 28.6 Å². The van der Waals surface area contributed by atoms with Gasteiger partial charge in [-0.15, -0.1) is 0 Å². The van der Waals surface area contributed by atoms with Crippen molar-refractivity contribution in [3.63, 3.8) is 0 Å². The van der Waals surface area contributed by atoms with E-state index < -0.39 is 47.9 Å². The topological polar surface area (TPSA) is 119 Å². The fourth-order valence-corrected chi connectivity index (χ4v) is 3.73. The van der Waals surface area contributed by atoms with E-state index in [0.29, 0.717) is 12.2 Å². The van der Waals surface area contributed by atoms with Gasteiger partial charge in [0.15, 0.2) is 11.2 Å². The van der Waals surface area contributed by atoms with Crippen LogP contribution < -0.4 is 0 Å². The van der Waals surface area contributed by atoms with Gasteiger partial charge in [0.25, 0.3) is 0 Å². The lowest BCUT2D eigenvalue weighted by atomic mass is 9.80. The van der Waals surface area contributed by atoms with Crippen LogP contribution in [0.5, 0.6) is 0 Å². The molecule has 148 valence electrons. The molecule has 6 atom stereocenters. The largest absolute Gasteiger partial charge is 0.483 e. The molecule has 0 saturated carbocycles. The van der Waals surface area contributed by atoms with E-state index in [0.717, 1.165) is 6.92 Å². The van der Waals surface area contributed by atoms with Crippen LogP contribution in [0.15, 0.2) is 24.0 Å². The number of aliphatic hydroxyl groups is 2. The number of esters is 2. The third-order valence-electron chi connectivity index (χ3n) is 5.53. The minimum atomic E-state index is -2.11. The molecule has 0 unspecified atom stereocenters. The molecule has 3 heterocycles. The van der Waals surface area contributed by atoms with Crippen molar-refractivity contribution in [2.45, 2.75) is 57.0 Å². The van der Waals surface area contributed by atoms with Crippen LogP contribution in [0.25, 0.3) is 0 Å². The van der Waals surface area contributed by atoms with Crippen LogP contribution in [-0.4, -0.2) is 58.0 Å². The number of carbonyl (C=O) groups is 3. The Bertz CT molecular complexity index is 736.